The van der Waals surface area contributed by atoms with E-state index in [-0.39, 0.29) is 5.75 Å². The summed E-state index contributed by atoms with van der Waals surface area (Å²) in [7, 11) is 0. The van der Waals surface area contributed by atoms with Gasteiger partial charge in [0.25, 0.3) is 0 Å². The minimum absolute atomic E-state index is 0.00782. The van der Waals surface area contributed by atoms with Crippen LogP contribution in [0.3, 0.4) is 0 Å². The summed E-state index contributed by atoms with van der Waals surface area (Å²) >= 11 is 5.63. The van der Waals surface area contributed by atoms with Crippen LogP contribution in [-0.4, -0.2) is 16.8 Å². The topological polar surface area (TPSA) is 66.5 Å². The van der Waals surface area contributed by atoms with Crippen LogP contribution in [0.25, 0.3) is 0 Å². The van der Waals surface area contributed by atoms with Crippen molar-refractivity contribution in [1.82, 2.24) is 0 Å². The number of hydrogen-bond donors (Lipinski definition) is 3. The van der Waals surface area contributed by atoms with Gasteiger partial charge in [-0.1, -0.05) is 17.7 Å². The van der Waals surface area contributed by atoms with Crippen molar-refractivity contribution in [2.75, 3.05) is 6.54 Å². The third-order valence-electron chi connectivity index (χ3n) is 1.79. The van der Waals surface area contributed by atoms with Crippen molar-refractivity contribution >= 4 is 11.6 Å². The summed E-state index contributed by atoms with van der Waals surface area (Å²) < 4.78 is 0. The first-order valence-electron chi connectivity index (χ1n) is 4.01. The molecular weight excluding hydrogens is 190 g/mol. The molecule has 4 heteroatoms. The van der Waals surface area contributed by atoms with Crippen LogP contribution in [-0.2, 0) is 0 Å². The van der Waals surface area contributed by atoms with E-state index in [1.807, 2.05) is 0 Å². The number of rotatable bonds is 3. The van der Waals surface area contributed by atoms with Gasteiger partial charge >= 0.3 is 0 Å². The lowest BCUT2D eigenvalue weighted by Crippen LogP contribution is -2.06. The van der Waals surface area contributed by atoms with Crippen molar-refractivity contribution in [2.24, 2.45) is 5.73 Å². The van der Waals surface area contributed by atoms with Crippen molar-refractivity contribution < 1.29 is 10.2 Å². The summed E-state index contributed by atoms with van der Waals surface area (Å²) in [5.74, 6) is 0.00782. The normalized spacial score (nSPS) is 12.8. The van der Waals surface area contributed by atoms with E-state index in [9.17, 15) is 10.2 Å². The minimum Gasteiger partial charge on any atom is -0.508 e. The standard InChI is InChI=1S/C9H12ClNO2/c10-6-1-2-7(9(13)5-6)8(12)3-4-11/h1-2,5,8,12-13H,3-4,11H2/t8-/m0/s1. The van der Waals surface area contributed by atoms with Crippen LogP contribution < -0.4 is 5.73 Å². The predicted octanol–water partition coefficient (Wildman–Crippen LogP) is 1.43. The lowest BCUT2D eigenvalue weighted by atomic mass is 10.1. The van der Waals surface area contributed by atoms with Gasteiger partial charge in [-0.15, -0.1) is 0 Å². The number of aliphatic hydroxyl groups excluding tert-OH is 1. The largest absolute Gasteiger partial charge is 0.508 e. The monoisotopic (exact) mass is 201 g/mol. The first kappa shape index (κ1) is 10.3. The average Bonchev–Trinajstić information content (AvgIpc) is 2.04. The molecular formula is C9H12ClNO2. The molecule has 0 fully saturated rings. The highest BCUT2D eigenvalue weighted by molar-refractivity contribution is 6.30. The second-order valence-electron chi connectivity index (χ2n) is 2.80. The highest BCUT2D eigenvalue weighted by Gasteiger charge is 2.10. The third kappa shape index (κ3) is 2.59. The molecule has 0 saturated carbocycles. The van der Waals surface area contributed by atoms with Gasteiger partial charge < -0.3 is 15.9 Å². The first-order valence-corrected chi connectivity index (χ1v) is 4.39. The second kappa shape index (κ2) is 4.46. The summed E-state index contributed by atoms with van der Waals surface area (Å²) in [5.41, 5.74) is 5.75. The maximum atomic E-state index is 9.51. The maximum absolute atomic E-state index is 9.51. The summed E-state index contributed by atoms with van der Waals surface area (Å²) in [4.78, 5) is 0. The Bertz CT molecular complexity index is 291. The van der Waals surface area contributed by atoms with Gasteiger partial charge in [0.1, 0.15) is 5.75 Å². The van der Waals surface area contributed by atoms with Crippen LogP contribution >= 0.6 is 11.6 Å². The van der Waals surface area contributed by atoms with Crippen LogP contribution in [0.2, 0.25) is 5.02 Å². The summed E-state index contributed by atoms with van der Waals surface area (Å²) in [6, 6.07) is 4.62. The van der Waals surface area contributed by atoms with E-state index in [4.69, 9.17) is 17.3 Å². The van der Waals surface area contributed by atoms with Gasteiger partial charge in [0.05, 0.1) is 6.10 Å². The number of hydrogen-bond acceptors (Lipinski definition) is 3. The number of phenols is 1. The molecule has 0 aliphatic carbocycles. The minimum atomic E-state index is -0.720. The molecule has 1 atom stereocenters. The van der Waals surface area contributed by atoms with Gasteiger partial charge in [0, 0.05) is 10.6 Å². The Labute approximate surface area is 81.8 Å². The van der Waals surface area contributed by atoms with Crippen LogP contribution in [0.15, 0.2) is 18.2 Å². The molecule has 4 N–H and O–H groups in total. The zero-order chi connectivity index (χ0) is 9.84. The molecule has 0 aliphatic rings. The molecule has 72 valence electrons. The van der Waals surface area contributed by atoms with Gasteiger partial charge in [-0.05, 0) is 25.1 Å². The zero-order valence-corrected chi connectivity index (χ0v) is 7.83. The highest BCUT2D eigenvalue weighted by atomic mass is 35.5. The molecule has 0 aliphatic heterocycles. The molecule has 0 aromatic heterocycles. The Kier molecular flexibility index (Phi) is 3.54. The lowest BCUT2D eigenvalue weighted by Gasteiger charge is -2.11. The zero-order valence-electron chi connectivity index (χ0n) is 7.07. The quantitative estimate of drug-likeness (QED) is 0.693. The van der Waals surface area contributed by atoms with E-state index in [1.54, 1.807) is 12.1 Å². The summed E-state index contributed by atoms with van der Waals surface area (Å²) in [6.07, 6.45) is -0.294. The van der Waals surface area contributed by atoms with E-state index in [1.165, 1.54) is 6.07 Å². The van der Waals surface area contributed by atoms with Crippen molar-refractivity contribution in [2.45, 2.75) is 12.5 Å². The van der Waals surface area contributed by atoms with E-state index in [0.717, 1.165) is 0 Å². The van der Waals surface area contributed by atoms with E-state index >= 15 is 0 Å². The lowest BCUT2D eigenvalue weighted by molar-refractivity contribution is 0.166. The number of nitrogens with two attached hydrogens (primary N) is 1. The Hall–Kier alpha value is -0.770. The predicted molar refractivity (Wildman–Crippen MR) is 51.7 cm³/mol. The molecule has 13 heavy (non-hydrogen) atoms. The van der Waals surface area contributed by atoms with E-state index < -0.39 is 6.10 Å². The van der Waals surface area contributed by atoms with E-state index in [2.05, 4.69) is 0 Å². The molecule has 3 nitrogen and oxygen atoms in total. The Balaban J connectivity index is 2.88. The maximum Gasteiger partial charge on any atom is 0.122 e. The number of aliphatic hydroxyl groups is 1. The molecule has 0 heterocycles. The SMILES string of the molecule is NCC[C@H](O)c1ccc(Cl)cc1O. The fourth-order valence-corrected chi connectivity index (χ4v) is 1.28. The van der Waals surface area contributed by atoms with Crippen molar-refractivity contribution in [3.8, 4) is 5.75 Å². The molecule has 0 spiro atoms. The summed E-state index contributed by atoms with van der Waals surface area (Å²) in [5, 5.41) is 19.4. The van der Waals surface area contributed by atoms with Gasteiger partial charge in [-0.2, -0.15) is 0 Å². The Morgan fingerprint density at radius 1 is 1.46 bits per heavy atom. The number of benzene rings is 1. The number of aromatic hydroxyl groups is 1. The Morgan fingerprint density at radius 3 is 2.69 bits per heavy atom. The highest BCUT2D eigenvalue weighted by Crippen LogP contribution is 2.28. The van der Waals surface area contributed by atoms with Crippen molar-refractivity contribution in [3.05, 3.63) is 28.8 Å². The first-order chi connectivity index (χ1) is 6.15. The third-order valence-corrected chi connectivity index (χ3v) is 2.03. The molecule has 1 aromatic carbocycles. The van der Waals surface area contributed by atoms with Crippen LogP contribution in [0.1, 0.15) is 18.1 Å². The molecule has 0 radical (unpaired) electrons. The summed E-state index contributed by atoms with van der Waals surface area (Å²) in [6.45, 7) is 0.378. The van der Waals surface area contributed by atoms with Gasteiger partial charge in [0.15, 0.2) is 0 Å². The molecule has 0 amide bonds. The van der Waals surface area contributed by atoms with Crippen LogP contribution in [0.5, 0.6) is 5.75 Å². The van der Waals surface area contributed by atoms with Gasteiger partial charge in [0.2, 0.25) is 0 Å². The van der Waals surface area contributed by atoms with Crippen molar-refractivity contribution in [1.29, 1.82) is 0 Å². The van der Waals surface area contributed by atoms with Crippen LogP contribution in [0.4, 0.5) is 0 Å². The molecule has 0 saturated heterocycles. The number of phenolic OH excluding ortho intramolecular Hbond substituents is 1. The van der Waals surface area contributed by atoms with Crippen LogP contribution in [0, 0.1) is 0 Å². The second-order valence-corrected chi connectivity index (χ2v) is 3.23. The van der Waals surface area contributed by atoms with Crippen molar-refractivity contribution in [3.63, 3.8) is 0 Å². The fraction of sp³-hybridized carbons (Fsp3) is 0.333. The Morgan fingerprint density at radius 2 is 2.15 bits per heavy atom. The van der Waals surface area contributed by atoms with E-state index in [0.29, 0.717) is 23.6 Å². The molecule has 0 bridgehead atoms. The fourth-order valence-electron chi connectivity index (χ4n) is 1.11. The smallest absolute Gasteiger partial charge is 0.122 e. The van der Waals surface area contributed by atoms with Gasteiger partial charge in [-0.3, -0.25) is 0 Å². The average molecular weight is 202 g/mol. The number of halogens is 1. The molecule has 1 rings (SSSR count). The molecule has 1 aromatic rings. The van der Waals surface area contributed by atoms with Gasteiger partial charge in [-0.25, -0.2) is 0 Å². The molecule has 0 unspecified atom stereocenters.